The molecule has 0 rings (SSSR count). The highest BCUT2D eigenvalue weighted by molar-refractivity contribution is 5.95. The summed E-state index contributed by atoms with van der Waals surface area (Å²) < 4.78 is 0. The monoisotopic (exact) mass is 432 g/mol. The number of rotatable bonds is 14. The summed E-state index contributed by atoms with van der Waals surface area (Å²) in [5.41, 5.74) is 5.13. The van der Waals surface area contributed by atoms with Gasteiger partial charge in [-0.15, -0.1) is 0 Å². The molecule has 0 aliphatic carbocycles. The molecule has 13 nitrogen and oxygen atoms in total. The third kappa shape index (κ3) is 10.9. The van der Waals surface area contributed by atoms with E-state index in [0.29, 0.717) is 0 Å². The maximum absolute atomic E-state index is 12.5. The minimum absolute atomic E-state index is 0.0788. The number of hydrogen-bond acceptors (Lipinski definition) is 7. The van der Waals surface area contributed by atoms with Gasteiger partial charge in [0.1, 0.15) is 18.1 Å². The molecule has 0 saturated carbocycles. The van der Waals surface area contributed by atoms with E-state index < -0.39 is 73.1 Å². The summed E-state index contributed by atoms with van der Waals surface area (Å²) >= 11 is 0. The van der Waals surface area contributed by atoms with Crippen LogP contribution in [-0.2, 0) is 28.8 Å². The van der Waals surface area contributed by atoms with Crippen LogP contribution in [0, 0.1) is 5.92 Å². The molecular weight excluding hydrogens is 404 g/mol. The lowest BCUT2D eigenvalue weighted by atomic mass is 10.0. The summed E-state index contributed by atoms with van der Waals surface area (Å²) in [6.07, 6.45) is -1.63. The van der Waals surface area contributed by atoms with E-state index in [1.54, 1.807) is 13.8 Å². The molecule has 0 heterocycles. The summed E-state index contributed by atoms with van der Waals surface area (Å²) in [4.78, 5) is 69.5. The van der Waals surface area contributed by atoms with E-state index >= 15 is 0 Å². The fraction of sp³-hybridized carbons (Fsp3) is 0.647. The molecule has 13 heteroatoms. The fourth-order valence-corrected chi connectivity index (χ4v) is 2.41. The summed E-state index contributed by atoms with van der Waals surface area (Å²) in [7, 11) is 0. The number of hydrogen-bond donors (Lipinski definition) is 7. The first-order valence-electron chi connectivity index (χ1n) is 9.13. The molecule has 0 fully saturated rings. The lowest BCUT2D eigenvalue weighted by Gasteiger charge is -2.24. The average molecular weight is 432 g/mol. The predicted octanol–water partition coefficient (Wildman–Crippen LogP) is -2.13. The van der Waals surface area contributed by atoms with E-state index in [0.717, 1.165) is 0 Å². The van der Waals surface area contributed by atoms with Gasteiger partial charge in [0.15, 0.2) is 0 Å². The Morgan fingerprint density at radius 2 is 1.33 bits per heavy atom. The van der Waals surface area contributed by atoms with Gasteiger partial charge in [-0.05, 0) is 18.8 Å². The molecular formula is C17H28N4O9. The number of carbonyl (C=O) groups excluding carboxylic acids is 3. The van der Waals surface area contributed by atoms with Gasteiger partial charge in [0.25, 0.3) is 0 Å². The van der Waals surface area contributed by atoms with Crippen molar-refractivity contribution < 1.29 is 44.1 Å². The van der Waals surface area contributed by atoms with Crippen molar-refractivity contribution in [1.82, 2.24) is 16.0 Å². The number of carbonyl (C=O) groups is 6. The van der Waals surface area contributed by atoms with Crippen LogP contribution < -0.4 is 21.7 Å². The topological polar surface area (TPSA) is 225 Å². The van der Waals surface area contributed by atoms with Gasteiger partial charge < -0.3 is 37.0 Å². The number of carboxylic acid groups (broad SMARTS) is 3. The van der Waals surface area contributed by atoms with Crippen LogP contribution in [0.5, 0.6) is 0 Å². The van der Waals surface area contributed by atoms with Crippen molar-refractivity contribution >= 4 is 35.6 Å². The largest absolute Gasteiger partial charge is 0.481 e. The zero-order chi connectivity index (χ0) is 23.4. The number of amides is 3. The van der Waals surface area contributed by atoms with Gasteiger partial charge in [-0.1, -0.05) is 13.8 Å². The summed E-state index contributed by atoms with van der Waals surface area (Å²) in [5.74, 6) is -6.88. The Balaban J connectivity index is 5.45. The predicted molar refractivity (Wildman–Crippen MR) is 101 cm³/mol. The molecule has 30 heavy (non-hydrogen) atoms. The van der Waals surface area contributed by atoms with E-state index in [2.05, 4.69) is 16.0 Å². The van der Waals surface area contributed by atoms with Crippen LogP contribution in [-0.4, -0.2) is 75.6 Å². The lowest BCUT2D eigenvalue weighted by molar-refractivity contribution is -0.144. The maximum atomic E-state index is 12.5. The molecule has 3 amide bonds. The van der Waals surface area contributed by atoms with Gasteiger partial charge in [-0.2, -0.15) is 0 Å². The Bertz CT molecular complexity index is 666. The molecule has 0 radical (unpaired) electrons. The molecule has 3 unspecified atom stereocenters. The second kappa shape index (κ2) is 13.1. The lowest BCUT2D eigenvalue weighted by Crippen LogP contribution is -2.56. The van der Waals surface area contributed by atoms with Crippen molar-refractivity contribution in [2.45, 2.75) is 57.7 Å². The summed E-state index contributed by atoms with van der Waals surface area (Å²) in [6, 6.07) is -4.30. The van der Waals surface area contributed by atoms with Crippen LogP contribution in [0.4, 0.5) is 0 Å². The van der Waals surface area contributed by atoms with Crippen LogP contribution in [0.25, 0.3) is 0 Å². The standard InChI is InChI=1S/C17H28N4O9/c1-8(2)5-11(17(29)30)21-15(27)9(3-4-13(23)24)20-16(28)10(6-14(25)26)19-12(22)7-18/h8-11H,3-7,18H2,1-2H3,(H,19,22)(H,20,28)(H,21,27)(H,23,24)(H,25,26)(H,29,30). The van der Waals surface area contributed by atoms with Crippen LogP contribution in [0.3, 0.4) is 0 Å². The Hall–Kier alpha value is -3.22. The highest BCUT2D eigenvalue weighted by Gasteiger charge is 2.31. The van der Waals surface area contributed by atoms with Gasteiger partial charge in [0.05, 0.1) is 13.0 Å². The van der Waals surface area contributed by atoms with Gasteiger partial charge in [-0.3, -0.25) is 24.0 Å². The zero-order valence-electron chi connectivity index (χ0n) is 16.7. The van der Waals surface area contributed by atoms with Crippen molar-refractivity contribution in [3.05, 3.63) is 0 Å². The van der Waals surface area contributed by atoms with Gasteiger partial charge in [0, 0.05) is 6.42 Å². The van der Waals surface area contributed by atoms with Crippen LogP contribution >= 0.6 is 0 Å². The van der Waals surface area contributed by atoms with E-state index in [1.807, 2.05) is 0 Å². The molecule has 0 aromatic rings. The number of nitrogens with two attached hydrogens (primary N) is 1. The number of carboxylic acids is 3. The Morgan fingerprint density at radius 1 is 0.800 bits per heavy atom. The van der Waals surface area contributed by atoms with Crippen molar-refractivity contribution in [3.63, 3.8) is 0 Å². The maximum Gasteiger partial charge on any atom is 0.326 e. The average Bonchev–Trinajstić information content (AvgIpc) is 2.62. The Kier molecular flexibility index (Phi) is 11.7. The molecule has 8 N–H and O–H groups in total. The molecule has 0 aliphatic heterocycles. The number of nitrogens with one attached hydrogen (secondary N) is 3. The van der Waals surface area contributed by atoms with E-state index in [1.165, 1.54) is 0 Å². The van der Waals surface area contributed by atoms with Crippen LogP contribution in [0.2, 0.25) is 0 Å². The first kappa shape index (κ1) is 26.8. The first-order chi connectivity index (χ1) is 13.9. The van der Waals surface area contributed by atoms with E-state index in [9.17, 15) is 33.9 Å². The number of aliphatic carboxylic acids is 3. The molecule has 0 saturated heterocycles. The summed E-state index contributed by atoms with van der Waals surface area (Å²) in [5, 5.41) is 33.5. The van der Waals surface area contributed by atoms with Crippen molar-refractivity contribution in [2.24, 2.45) is 11.7 Å². The van der Waals surface area contributed by atoms with E-state index in [4.69, 9.17) is 15.9 Å². The minimum atomic E-state index is -1.57. The van der Waals surface area contributed by atoms with Gasteiger partial charge in [-0.25, -0.2) is 4.79 Å². The van der Waals surface area contributed by atoms with Gasteiger partial charge >= 0.3 is 17.9 Å². The fourth-order valence-electron chi connectivity index (χ4n) is 2.41. The quantitative estimate of drug-likeness (QED) is 0.158. The Morgan fingerprint density at radius 3 is 1.77 bits per heavy atom. The van der Waals surface area contributed by atoms with Crippen molar-refractivity contribution in [1.29, 1.82) is 0 Å². The first-order valence-corrected chi connectivity index (χ1v) is 9.13. The second-order valence-electron chi connectivity index (χ2n) is 6.94. The molecule has 0 aromatic carbocycles. The van der Waals surface area contributed by atoms with Crippen molar-refractivity contribution in [3.8, 4) is 0 Å². The molecule has 170 valence electrons. The summed E-state index contributed by atoms with van der Waals surface area (Å²) in [6.45, 7) is 2.96. The highest BCUT2D eigenvalue weighted by Crippen LogP contribution is 2.07. The molecule has 0 spiro atoms. The normalized spacial score (nSPS) is 13.6. The van der Waals surface area contributed by atoms with Gasteiger partial charge in [0.2, 0.25) is 17.7 Å². The third-order valence-electron chi connectivity index (χ3n) is 3.82. The molecule has 3 atom stereocenters. The van der Waals surface area contributed by atoms with E-state index in [-0.39, 0.29) is 18.8 Å². The molecule has 0 aromatic heterocycles. The Labute approximate surface area is 172 Å². The second-order valence-corrected chi connectivity index (χ2v) is 6.94. The third-order valence-corrected chi connectivity index (χ3v) is 3.82. The van der Waals surface area contributed by atoms with Crippen LogP contribution in [0.1, 0.15) is 39.5 Å². The zero-order valence-corrected chi connectivity index (χ0v) is 16.7. The van der Waals surface area contributed by atoms with Crippen molar-refractivity contribution in [2.75, 3.05) is 6.54 Å². The molecule has 0 bridgehead atoms. The molecule has 0 aliphatic rings. The minimum Gasteiger partial charge on any atom is -0.481 e. The smallest absolute Gasteiger partial charge is 0.326 e. The highest BCUT2D eigenvalue weighted by atomic mass is 16.4. The SMILES string of the molecule is CC(C)CC(NC(=O)C(CCC(=O)O)NC(=O)C(CC(=O)O)NC(=O)CN)C(=O)O. The van der Waals surface area contributed by atoms with Crippen LogP contribution in [0.15, 0.2) is 0 Å².